The topological polar surface area (TPSA) is 56.9 Å². The fraction of sp³-hybridized carbons (Fsp3) is 0.583. The summed E-state index contributed by atoms with van der Waals surface area (Å²) in [6.45, 7) is 5.20. The molecule has 2 heterocycles. The number of nitrogens with zero attached hydrogens (tertiary/aromatic N) is 2. The maximum absolute atomic E-state index is 10.5. The van der Waals surface area contributed by atoms with Crippen LogP contribution in [0, 0.1) is 0 Å². The van der Waals surface area contributed by atoms with Crippen LogP contribution in [-0.4, -0.2) is 53.6 Å². The first-order valence-corrected chi connectivity index (χ1v) is 6.83. The molecule has 1 aliphatic rings. The van der Waals surface area contributed by atoms with E-state index in [0.717, 1.165) is 43.0 Å². The van der Waals surface area contributed by atoms with Gasteiger partial charge in [0.2, 0.25) is 0 Å². The molecule has 100 valence electrons. The number of hydrogen-bond acceptors (Lipinski definition) is 4. The van der Waals surface area contributed by atoms with E-state index in [9.17, 15) is 4.79 Å². The van der Waals surface area contributed by atoms with Crippen LogP contribution in [0.2, 0.25) is 0 Å². The molecule has 18 heavy (non-hydrogen) atoms. The third kappa shape index (κ3) is 3.83. The van der Waals surface area contributed by atoms with Gasteiger partial charge in [0.05, 0.1) is 23.7 Å². The number of piperazine rings is 1. The molecule has 0 aromatic carbocycles. The van der Waals surface area contributed by atoms with Gasteiger partial charge in [0.25, 0.3) is 0 Å². The molecule has 0 amide bonds. The Morgan fingerprint density at radius 3 is 2.56 bits per heavy atom. The van der Waals surface area contributed by atoms with E-state index in [1.54, 1.807) is 6.26 Å². The largest absolute Gasteiger partial charge is 0.481 e. The third-order valence-electron chi connectivity index (χ3n) is 3.17. The van der Waals surface area contributed by atoms with E-state index in [1.807, 2.05) is 6.07 Å². The average molecular weight is 317 g/mol. The van der Waals surface area contributed by atoms with Gasteiger partial charge >= 0.3 is 5.97 Å². The van der Waals surface area contributed by atoms with Gasteiger partial charge in [-0.15, -0.1) is 0 Å². The lowest BCUT2D eigenvalue weighted by Crippen LogP contribution is -2.46. The highest BCUT2D eigenvalue weighted by Crippen LogP contribution is 2.19. The summed E-state index contributed by atoms with van der Waals surface area (Å²) in [5, 5.41) is 8.64. The maximum atomic E-state index is 10.5. The lowest BCUT2D eigenvalue weighted by atomic mass is 10.2. The quantitative estimate of drug-likeness (QED) is 0.895. The Morgan fingerprint density at radius 1 is 1.33 bits per heavy atom. The van der Waals surface area contributed by atoms with Crippen molar-refractivity contribution in [2.75, 3.05) is 32.7 Å². The molecule has 6 heteroatoms. The fourth-order valence-corrected chi connectivity index (χ4v) is 2.39. The zero-order valence-electron chi connectivity index (χ0n) is 10.1. The van der Waals surface area contributed by atoms with Gasteiger partial charge in [0, 0.05) is 32.7 Å². The summed E-state index contributed by atoms with van der Waals surface area (Å²) in [6, 6.07) is 1.90. The van der Waals surface area contributed by atoms with Gasteiger partial charge in [-0.2, -0.15) is 0 Å². The predicted octanol–water partition coefficient (Wildman–Crippen LogP) is 1.63. The van der Waals surface area contributed by atoms with E-state index in [-0.39, 0.29) is 6.42 Å². The molecule has 1 aromatic rings. The molecular weight excluding hydrogens is 300 g/mol. The van der Waals surface area contributed by atoms with Gasteiger partial charge in [-0.05, 0) is 22.0 Å². The van der Waals surface area contributed by atoms with Crippen LogP contribution in [0.4, 0.5) is 0 Å². The van der Waals surface area contributed by atoms with Crippen molar-refractivity contribution < 1.29 is 14.3 Å². The molecule has 0 atom stereocenters. The molecule has 1 saturated heterocycles. The first-order chi connectivity index (χ1) is 8.65. The minimum Gasteiger partial charge on any atom is -0.481 e. The van der Waals surface area contributed by atoms with Gasteiger partial charge in [0.1, 0.15) is 5.76 Å². The number of carboxylic acid groups (broad SMARTS) is 1. The first kappa shape index (κ1) is 13.6. The summed E-state index contributed by atoms with van der Waals surface area (Å²) >= 11 is 3.45. The maximum Gasteiger partial charge on any atom is 0.304 e. The molecule has 1 aliphatic heterocycles. The third-order valence-corrected chi connectivity index (χ3v) is 3.87. The molecule has 0 saturated carbocycles. The van der Waals surface area contributed by atoms with Gasteiger partial charge in [-0.3, -0.25) is 9.69 Å². The Labute approximate surface area is 114 Å². The highest BCUT2D eigenvalue weighted by atomic mass is 79.9. The number of carboxylic acids is 1. The molecule has 0 spiro atoms. The fourth-order valence-electron chi connectivity index (χ4n) is 2.07. The van der Waals surface area contributed by atoms with E-state index in [4.69, 9.17) is 9.52 Å². The van der Waals surface area contributed by atoms with Crippen LogP contribution in [-0.2, 0) is 11.3 Å². The number of aliphatic carboxylic acids is 1. The van der Waals surface area contributed by atoms with Crippen LogP contribution in [0.25, 0.3) is 0 Å². The minimum absolute atomic E-state index is 0.226. The first-order valence-electron chi connectivity index (χ1n) is 6.03. The minimum atomic E-state index is -0.725. The van der Waals surface area contributed by atoms with Gasteiger partial charge in [-0.1, -0.05) is 0 Å². The van der Waals surface area contributed by atoms with Crippen LogP contribution >= 0.6 is 15.9 Å². The van der Waals surface area contributed by atoms with E-state index in [1.165, 1.54) is 0 Å². The van der Waals surface area contributed by atoms with Crippen LogP contribution < -0.4 is 0 Å². The lowest BCUT2D eigenvalue weighted by Gasteiger charge is -2.33. The molecular formula is C12H17BrN2O3. The summed E-state index contributed by atoms with van der Waals surface area (Å²) in [4.78, 5) is 15.0. The molecule has 1 aromatic heterocycles. The number of halogens is 1. The van der Waals surface area contributed by atoms with Crippen molar-refractivity contribution in [1.82, 2.24) is 9.80 Å². The number of carbonyl (C=O) groups is 1. The molecule has 1 N–H and O–H groups in total. The summed E-state index contributed by atoms with van der Waals surface area (Å²) in [5.41, 5.74) is 0. The molecule has 0 radical (unpaired) electrons. The summed E-state index contributed by atoms with van der Waals surface area (Å²) < 4.78 is 6.40. The molecule has 0 unspecified atom stereocenters. The monoisotopic (exact) mass is 316 g/mol. The average Bonchev–Trinajstić information content (AvgIpc) is 2.74. The smallest absolute Gasteiger partial charge is 0.304 e. The second kappa shape index (κ2) is 6.36. The zero-order chi connectivity index (χ0) is 13.0. The van der Waals surface area contributed by atoms with Gasteiger partial charge in [-0.25, -0.2) is 0 Å². The number of hydrogen-bond donors (Lipinski definition) is 1. The zero-order valence-corrected chi connectivity index (χ0v) is 11.7. The van der Waals surface area contributed by atoms with Crippen LogP contribution in [0.3, 0.4) is 0 Å². The Balaban J connectivity index is 1.73. The number of rotatable bonds is 5. The Morgan fingerprint density at radius 2 is 2.00 bits per heavy atom. The van der Waals surface area contributed by atoms with Crippen LogP contribution in [0.15, 0.2) is 21.2 Å². The van der Waals surface area contributed by atoms with E-state index < -0.39 is 5.97 Å². The van der Waals surface area contributed by atoms with Crippen molar-refractivity contribution in [2.24, 2.45) is 0 Å². The summed E-state index contributed by atoms with van der Waals surface area (Å²) in [6.07, 6.45) is 1.91. The summed E-state index contributed by atoms with van der Waals surface area (Å²) in [7, 11) is 0. The second-order valence-electron chi connectivity index (χ2n) is 4.45. The second-order valence-corrected chi connectivity index (χ2v) is 5.31. The number of furan rings is 1. The highest BCUT2D eigenvalue weighted by Gasteiger charge is 2.18. The molecule has 2 rings (SSSR count). The van der Waals surface area contributed by atoms with Crippen LogP contribution in [0.1, 0.15) is 12.2 Å². The Kier molecular flexibility index (Phi) is 4.79. The van der Waals surface area contributed by atoms with E-state index in [0.29, 0.717) is 6.54 Å². The van der Waals surface area contributed by atoms with E-state index >= 15 is 0 Å². The Bertz CT molecular complexity index is 400. The van der Waals surface area contributed by atoms with Crippen molar-refractivity contribution in [3.63, 3.8) is 0 Å². The van der Waals surface area contributed by atoms with E-state index in [2.05, 4.69) is 25.7 Å². The summed E-state index contributed by atoms with van der Waals surface area (Å²) in [5.74, 6) is 0.228. The molecule has 5 nitrogen and oxygen atoms in total. The van der Waals surface area contributed by atoms with Gasteiger partial charge < -0.3 is 14.4 Å². The van der Waals surface area contributed by atoms with Gasteiger partial charge in [0.15, 0.2) is 0 Å². The highest BCUT2D eigenvalue weighted by molar-refractivity contribution is 9.10. The van der Waals surface area contributed by atoms with Crippen molar-refractivity contribution >= 4 is 21.9 Å². The van der Waals surface area contributed by atoms with Crippen molar-refractivity contribution in [2.45, 2.75) is 13.0 Å². The molecule has 0 aliphatic carbocycles. The standard InChI is InChI=1S/C12H17BrN2O3/c13-10-2-8-18-11(10)9-15-6-4-14(5-7-15)3-1-12(16)17/h2,8H,1,3-7,9H2,(H,16,17). The van der Waals surface area contributed by atoms with Crippen molar-refractivity contribution in [3.8, 4) is 0 Å². The Hall–Kier alpha value is -0.850. The molecule has 1 fully saturated rings. The SMILES string of the molecule is O=C(O)CCN1CCN(Cc2occc2Br)CC1. The van der Waals surface area contributed by atoms with Crippen molar-refractivity contribution in [1.29, 1.82) is 0 Å². The normalized spacial score (nSPS) is 18.1. The predicted molar refractivity (Wildman–Crippen MR) is 70.4 cm³/mol. The van der Waals surface area contributed by atoms with Crippen molar-refractivity contribution in [3.05, 3.63) is 22.6 Å². The molecule has 0 bridgehead atoms. The lowest BCUT2D eigenvalue weighted by molar-refractivity contribution is -0.137. The van der Waals surface area contributed by atoms with Crippen LogP contribution in [0.5, 0.6) is 0 Å².